The van der Waals surface area contributed by atoms with Crippen LogP contribution in [0.4, 0.5) is 0 Å². The molecule has 4 heteroatoms. The van der Waals surface area contributed by atoms with Crippen LogP contribution in [0.2, 0.25) is 0 Å². The number of Topliss-reactive ketones (excluding diaryl/α,β-unsaturated/α-hetero) is 1. The van der Waals surface area contributed by atoms with E-state index in [4.69, 9.17) is 4.74 Å². The molecule has 0 aromatic heterocycles. The van der Waals surface area contributed by atoms with Crippen molar-refractivity contribution in [2.45, 2.75) is 45.3 Å². The molecule has 1 aromatic rings. The van der Waals surface area contributed by atoms with E-state index in [1.807, 2.05) is 30.3 Å². The van der Waals surface area contributed by atoms with Gasteiger partial charge in [-0.25, -0.2) is 0 Å². The molecule has 0 radical (unpaired) electrons. The van der Waals surface area contributed by atoms with Crippen molar-refractivity contribution >= 4 is 17.8 Å². The Balaban J connectivity index is 2.40. The van der Waals surface area contributed by atoms with Gasteiger partial charge in [-0.2, -0.15) is 0 Å². The highest BCUT2D eigenvalue weighted by molar-refractivity contribution is 5.96. The second-order valence-corrected chi connectivity index (χ2v) is 5.84. The van der Waals surface area contributed by atoms with Crippen LogP contribution < -0.4 is 0 Å². The lowest BCUT2D eigenvalue weighted by molar-refractivity contribution is -0.156. The van der Waals surface area contributed by atoms with Gasteiger partial charge in [0.05, 0.1) is 6.10 Å². The van der Waals surface area contributed by atoms with Gasteiger partial charge >= 0.3 is 5.97 Å². The van der Waals surface area contributed by atoms with Crippen LogP contribution in [-0.2, 0) is 14.3 Å². The van der Waals surface area contributed by atoms with E-state index < -0.39 is 17.7 Å². The first-order valence-electron chi connectivity index (χ1n) is 6.91. The molecule has 0 heterocycles. The quantitative estimate of drug-likeness (QED) is 0.646. The summed E-state index contributed by atoms with van der Waals surface area (Å²) >= 11 is 0. The molecule has 0 bridgehead atoms. The van der Waals surface area contributed by atoms with E-state index in [1.165, 1.54) is 0 Å². The minimum atomic E-state index is -0.903. The van der Waals surface area contributed by atoms with Gasteiger partial charge < -0.3 is 9.84 Å². The van der Waals surface area contributed by atoms with Crippen molar-refractivity contribution in [3.63, 3.8) is 0 Å². The summed E-state index contributed by atoms with van der Waals surface area (Å²) in [6, 6.07) is 9.47. The Morgan fingerprint density at radius 2 is 1.86 bits per heavy atom. The predicted octanol–water partition coefficient (Wildman–Crippen LogP) is 2.75. The molecular weight excluding hydrogens is 268 g/mol. The van der Waals surface area contributed by atoms with Crippen molar-refractivity contribution in [1.82, 2.24) is 0 Å². The van der Waals surface area contributed by atoms with Crippen LogP contribution in [0.3, 0.4) is 0 Å². The van der Waals surface area contributed by atoms with Crippen molar-refractivity contribution < 1.29 is 19.4 Å². The van der Waals surface area contributed by atoms with Crippen molar-refractivity contribution in [3.8, 4) is 0 Å². The van der Waals surface area contributed by atoms with E-state index in [0.29, 0.717) is 0 Å². The first kappa shape index (κ1) is 17.1. The maximum absolute atomic E-state index is 11.7. The Bertz CT molecular complexity index is 497. The fraction of sp³-hybridized carbons (Fsp3) is 0.412. The van der Waals surface area contributed by atoms with Crippen molar-refractivity contribution in [3.05, 3.63) is 42.0 Å². The van der Waals surface area contributed by atoms with Crippen molar-refractivity contribution in [2.24, 2.45) is 0 Å². The Hall–Kier alpha value is -1.94. The summed E-state index contributed by atoms with van der Waals surface area (Å²) in [6.45, 7) is 5.23. The van der Waals surface area contributed by atoms with Gasteiger partial charge in [-0.05, 0) is 26.3 Å². The van der Waals surface area contributed by atoms with Gasteiger partial charge in [-0.15, -0.1) is 0 Å². The lowest BCUT2D eigenvalue weighted by Crippen LogP contribution is -2.26. The van der Waals surface area contributed by atoms with Gasteiger partial charge in [0.15, 0.2) is 0 Å². The smallest absolute Gasteiger partial charge is 0.313 e. The van der Waals surface area contributed by atoms with Crippen molar-refractivity contribution in [1.29, 1.82) is 0 Å². The Labute approximate surface area is 125 Å². The second kappa shape index (κ2) is 7.74. The lowest BCUT2D eigenvalue weighted by Gasteiger charge is -2.19. The molecule has 0 aliphatic rings. The van der Waals surface area contributed by atoms with E-state index in [1.54, 1.807) is 32.9 Å². The first-order valence-corrected chi connectivity index (χ1v) is 6.91. The zero-order valence-corrected chi connectivity index (χ0v) is 12.7. The highest BCUT2D eigenvalue weighted by atomic mass is 16.6. The molecule has 1 aromatic carbocycles. The van der Waals surface area contributed by atoms with Crippen LogP contribution in [0.15, 0.2) is 36.4 Å². The number of carbonyl (C=O) groups is 2. The number of ketones is 1. The third-order valence-electron chi connectivity index (χ3n) is 2.51. The molecule has 1 unspecified atom stereocenters. The number of ether oxygens (including phenoxy) is 1. The van der Waals surface area contributed by atoms with Gasteiger partial charge in [0.2, 0.25) is 0 Å². The van der Waals surface area contributed by atoms with Gasteiger partial charge in [0.1, 0.15) is 17.8 Å². The van der Waals surface area contributed by atoms with Crippen LogP contribution >= 0.6 is 0 Å². The number of carbonyl (C=O) groups excluding carboxylic acids is 2. The molecule has 21 heavy (non-hydrogen) atoms. The molecule has 1 rings (SSSR count). The Morgan fingerprint density at radius 3 is 2.43 bits per heavy atom. The van der Waals surface area contributed by atoms with Gasteiger partial charge in [-0.1, -0.05) is 42.5 Å². The van der Waals surface area contributed by atoms with Crippen LogP contribution in [-0.4, -0.2) is 28.6 Å². The lowest BCUT2D eigenvalue weighted by atomic mass is 10.1. The number of aliphatic hydroxyl groups is 1. The van der Waals surface area contributed by atoms with Gasteiger partial charge in [0, 0.05) is 6.42 Å². The summed E-state index contributed by atoms with van der Waals surface area (Å²) in [5.41, 5.74) is 0.333. The van der Waals surface area contributed by atoms with Crippen LogP contribution in [0.1, 0.15) is 39.2 Å². The Kier molecular flexibility index (Phi) is 6.31. The minimum absolute atomic E-state index is 0.0947. The van der Waals surface area contributed by atoms with Gasteiger partial charge in [-0.3, -0.25) is 9.59 Å². The third kappa shape index (κ3) is 8.05. The summed E-state index contributed by atoms with van der Waals surface area (Å²) in [5.74, 6) is -0.902. The average molecular weight is 290 g/mol. The molecular formula is C17H22O4. The minimum Gasteiger partial charge on any atom is -0.460 e. The molecule has 0 spiro atoms. The molecule has 114 valence electrons. The number of hydrogen-bond donors (Lipinski definition) is 1. The normalized spacial score (nSPS) is 13.1. The molecule has 0 fully saturated rings. The summed E-state index contributed by atoms with van der Waals surface area (Å²) in [4.78, 5) is 23.2. The van der Waals surface area contributed by atoms with E-state index in [0.717, 1.165) is 5.56 Å². The molecule has 4 nitrogen and oxygen atoms in total. The SMILES string of the molecule is CC(C)(C)OC(=O)CC(=O)CC(O)C=Cc1ccccc1. The number of esters is 1. The zero-order chi connectivity index (χ0) is 15.9. The maximum Gasteiger partial charge on any atom is 0.313 e. The summed E-state index contributed by atoms with van der Waals surface area (Å²) < 4.78 is 5.06. The van der Waals surface area contributed by atoms with E-state index in [2.05, 4.69) is 0 Å². The van der Waals surface area contributed by atoms with E-state index in [9.17, 15) is 14.7 Å². The number of benzene rings is 1. The highest BCUT2D eigenvalue weighted by Crippen LogP contribution is 2.10. The number of rotatable bonds is 6. The Morgan fingerprint density at radius 1 is 1.24 bits per heavy atom. The maximum atomic E-state index is 11.7. The molecule has 0 saturated heterocycles. The fourth-order valence-corrected chi connectivity index (χ4v) is 1.70. The topological polar surface area (TPSA) is 63.6 Å². The number of aliphatic hydroxyl groups excluding tert-OH is 1. The average Bonchev–Trinajstić information content (AvgIpc) is 2.35. The number of hydrogen-bond acceptors (Lipinski definition) is 4. The van der Waals surface area contributed by atoms with Crippen LogP contribution in [0.25, 0.3) is 6.08 Å². The summed E-state index contributed by atoms with van der Waals surface area (Å²) in [5, 5.41) is 9.77. The van der Waals surface area contributed by atoms with Crippen LogP contribution in [0, 0.1) is 0 Å². The third-order valence-corrected chi connectivity index (χ3v) is 2.51. The predicted molar refractivity (Wildman–Crippen MR) is 81.6 cm³/mol. The molecule has 1 N–H and O–H groups in total. The fourth-order valence-electron chi connectivity index (χ4n) is 1.70. The molecule has 0 aliphatic carbocycles. The first-order chi connectivity index (χ1) is 9.76. The molecule has 0 aliphatic heterocycles. The monoisotopic (exact) mass is 290 g/mol. The van der Waals surface area contributed by atoms with E-state index in [-0.39, 0.29) is 18.6 Å². The van der Waals surface area contributed by atoms with Gasteiger partial charge in [0.25, 0.3) is 0 Å². The second-order valence-electron chi connectivity index (χ2n) is 5.84. The highest BCUT2D eigenvalue weighted by Gasteiger charge is 2.19. The molecule has 0 amide bonds. The van der Waals surface area contributed by atoms with E-state index >= 15 is 0 Å². The summed E-state index contributed by atoms with van der Waals surface area (Å²) in [6.07, 6.45) is 1.98. The zero-order valence-electron chi connectivity index (χ0n) is 12.7. The molecule has 1 atom stereocenters. The standard InChI is InChI=1S/C17H22O4/c1-17(2,3)21-16(20)12-15(19)11-14(18)10-9-13-7-5-4-6-8-13/h4-10,14,18H,11-12H2,1-3H3. The van der Waals surface area contributed by atoms with Crippen molar-refractivity contribution in [2.75, 3.05) is 0 Å². The molecule has 0 saturated carbocycles. The largest absolute Gasteiger partial charge is 0.460 e. The van der Waals surface area contributed by atoms with Crippen LogP contribution in [0.5, 0.6) is 0 Å². The summed E-state index contributed by atoms with van der Waals surface area (Å²) in [7, 11) is 0.